The molecule has 1 atom stereocenters. The predicted octanol–water partition coefficient (Wildman–Crippen LogP) is 3.22. The molecular weight excluding hydrogens is 333 g/mol. The second-order valence-corrected chi connectivity index (χ2v) is 6.70. The smallest absolute Gasteiger partial charge is 0.222 e. The molecule has 2 fully saturated rings. The Morgan fingerprint density at radius 3 is 2.30 bits per heavy atom. The van der Waals surface area contributed by atoms with E-state index < -0.39 is 0 Å². The number of carbonyl (C=O) groups excluding carboxylic acids is 1. The van der Waals surface area contributed by atoms with Crippen LogP contribution in [0.25, 0.3) is 0 Å². The summed E-state index contributed by atoms with van der Waals surface area (Å²) in [4.78, 5) is 17.2. The molecule has 0 aliphatic carbocycles. The summed E-state index contributed by atoms with van der Waals surface area (Å²) in [5, 5.41) is 0. The van der Waals surface area contributed by atoms with E-state index in [1.54, 1.807) is 0 Å². The van der Waals surface area contributed by atoms with Gasteiger partial charge in [0, 0.05) is 25.6 Å². The summed E-state index contributed by atoms with van der Waals surface area (Å²) in [7, 11) is 0. The highest BCUT2D eigenvalue weighted by atomic mass is 35.5. The summed E-state index contributed by atoms with van der Waals surface area (Å²) >= 11 is 0. The molecule has 2 aliphatic rings. The highest BCUT2D eigenvalue weighted by molar-refractivity contribution is 5.85. The van der Waals surface area contributed by atoms with Gasteiger partial charge < -0.3 is 15.5 Å². The third-order valence-electron chi connectivity index (χ3n) is 4.96. The summed E-state index contributed by atoms with van der Waals surface area (Å²) < 4.78 is 0. The number of nitrogens with two attached hydrogens (primary N) is 1. The van der Waals surface area contributed by atoms with Gasteiger partial charge in [-0.3, -0.25) is 4.79 Å². The zero-order chi connectivity index (χ0) is 14.9. The number of piperidine rings is 1. The van der Waals surface area contributed by atoms with Crippen molar-refractivity contribution in [2.24, 2.45) is 5.73 Å². The van der Waals surface area contributed by atoms with Crippen LogP contribution in [0.4, 0.5) is 0 Å². The number of amides is 1. The first-order valence-electron chi connectivity index (χ1n) is 9.03. The van der Waals surface area contributed by atoms with Crippen molar-refractivity contribution in [3.63, 3.8) is 0 Å². The van der Waals surface area contributed by atoms with Gasteiger partial charge >= 0.3 is 0 Å². The molecule has 2 N–H and O–H groups in total. The molecule has 2 rings (SSSR count). The number of hydrogen-bond donors (Lipinski definition) is 1. The second kappa shape index (κ2) is 13.3. The lowest BCUT2D eigenvalue weighted by Gasteiger charge is -2.33. The van der Waals surface area contributed by atoms with Crippen LogP contribution in [0.1, 0.15) is 64.2 Å². The first kappa shape index (κ1) is 23.0. The van der Waals surface area contributed by atoms with Gasteiger partial charge in [0.1, 0.15) is 0 Å². The maximum Gasteiger partial charge on any atom is 0.222 e. The molecule has 23 heavy (non-hydrogen) atoms. The molecule has 0 spiro atoms. The van der Waals surface area contributed by atoms with E-state index in [0.29, 0.717) is 11.9 Å². The largest absolute Gasteiger partial charge is 0.338 e. The van der Waals surface area contributed by atoms with E-state index in [-0.39, 0.29) is 24.8 Å². The minimum atomic E-state index is 0. The van der Waals surface area contributed by atoms with Crippen LogP contribution in [0, 0.1) is 0 Å². The summed E-state index contributed by atoms with van der Waals surface area (Å²) in [6, 6.07) is 0.486. The topological polar surface area (TPSA) is 49.6 Å². The van der Waals surface area contributed by atoms with Crippen molar-refractivity contribution in [2.45, 2.75) is 70.3 Å². The highest BCUT2D eigenvalue weighted by Gasteiger charge is 2.29. The molecule has 0 radical (unpaired) electrons. The Hall–Kier alpha value is -0.0300. The average Bonchev–Trinajstić information content (AvgIpc) is 2.96. The van der Waals surface area contributed by atoms with Crippen molar-refractivity contribution in [2.75, 3.05) is 32.7 Å². The van der Waals surface area contributed by atoms with E-state index >= 15 is 0 Å². The Bertz CT molecular complexity index is 312. The summed E-state index contributed by atoms with van der Waals surface area (Å²) in [6.07, 6.45) is 11.6. The molecule has 0 aromatic rings. The normalized spacial score (nSPS) is 21.6. The van der Waals surface area contributed by atoms with Gasteiger partial charge in [-0.05, 0) is 58.2 Å². The molecule has 1 unspecified atom stereocenters. The number of halogens is 2. The molecule has 0 aromatic carbocycles. The third kappa shape index (κ3) is 8.06. The first-order valence-corrected chi connectivity index (χ1v) is 9.03. The lowest BCUT2D eigenvalue weighted by molar-refractivity contribution is -0.132. The SMILES string of the molecule is Cl.Cl.NCCCCCCC(=O)N1CCCC1CN1CCCCC1. The van der Waals surface area contributed by atoms with Gasteiger partial charge in [-0.2, -0.15) is 0 Å². The van der Waals surface area contributed by atoms with Crippen molar-refractivity contribution in [3.8, 4) is 0 Å². The zero-order valence-corrected chi connectivity index (χ0v) is 16.0. The molecule has 0 aromatic heterocycles. The molecule has 6 heteroatoms. The Kier molecular flexibility index (Phi) is 13.3. The molecule has 0 saturated carbocycles. The van der Waals surface area contributed by atoms with E-state index in [0.717, 1.165) is 45.3 Å². The van der Waals surface area contributed by atoms with Gasteiger partial charge in [-0.1, -0.05) is 19.3 Å². The standard InChI is InChI=1S/C17H33N3O.2ClH/c18-11-5-2-1-4-10-17(21)20-14-8-9-16(20)15-19-12-6-3-7-13-19;;/h16H,1-15,18H2;2*1H. The van der Waals surface area contributed by atoms with Crippen LogP contribution in [0.5, 0.6) is 0 Å². The zero-order valence-electron chi connectivity index (χ0n) is 14.4. The third-order valence-corrected chi connectivity index (χ3v) is 4.96. The molecular formula is C17H35Cl2N3O. The number of likely N-dealkylation sites (tertiary alicyclic amines) is 2. The Morgan fingerprint density at radius 1 is 0.913 bits per heavy atom. The van der Waals surface area contributed by atoms with E-state index in [2.05, 4.69) is 9.80 Å². The summed E-state index contributed by atoms with van der Waals surface area (Å²) in [6.45, 7) is 5.34. The van der Waals surface area contributed by atoms with Crippen molar-refractivity contribution >= 4 is 30.7 Å². The fourth-order valence-electron chi connectivity index (χ4n) is 3.71. The average molecular weight is 368 g/mol. The molecule has 2 aliphatic heterocycles. The number of rotatable bonds is 8. The summed E-state index contributed by atoms with van der Waals surface area (Å²) in [5.41, 5.74) is 5.50. The molecule has 2 heterocycles. The lowest BCUT2D eigenvalue weighted by atomic mass is 10.1. The van der Waals surface area contributed by atoms with Crippen LogP contribution in [0.2, 0.25) is 0 Å². The number of unbranched alkanes of at least 4 members (excludes halogenated alkanes) is 3. The van der Waals surface area contributed by atoms with Crippen LogP contribution in [0.3, 0.4) is 0 Å². The Balaban J connectivity index is 0.00000242. The van der Waals surface area contributed by atoms with Crippen LogP contribution in [-0.4, -0.2) is 54.5 Å². The maximum atomic E-state index is 12.4. The van der Waals surface area contributed by atoms with Gasteiger partial charge in [-0.15, -0.1) is 24.8 Å². The Labute approximate surface area is 154 Å². The fraction of sp³-hybridized carbons (Fsp3) is 0.941. The minimum Gasteiger partial charge on any atom is -0.338 e. The molecule has 1 amide bonds. The number of nitrogens with zero attached hydrogens (tertiary/aromatic N) is 2. The molecule has 138 valence electrons. The number of hydrogen-bond acceptors (Lipinski definition) is 3. The van der Waals surface area contributed by atoms with Gasteiger partial charge in [0.15, 0.2) is 0 Å². The fourth-order valence-corrected chi connectivity index (χ4v) is 3.71. The van der Waals surface area contributed by atoms with Gasteiger partial charge in [0.2, 0.25) is 5.91 Å². The summed E-state index contributed by atoms with van der Waals surface area (Å²) in [5.74, 6) is 0.391. The molecule has 4 nitrogen and oxygen atoms in total. The second-order valence-electron chi connectivity index (χ2n) is 6.70. The lowest BCUT2D eigenvalue weighted by Crippen LogP contribution is -2.44. The first-order chi connectivity index (χ1) is 10.3. The van der Waals surface area contributed by atoms with Crippen LogP contribution >= 0.6 is 24.8 Å². The quantitative estimate of drug-likeness (QED) is 0.670. The highest BCUT2D eigenvalue weighted by Crippen LogP contribution is 2.21. The van der Waals surface area contributed by atoms with E-state index in [4.69, 9.17) is 5.73 Å². The van der Waals surface area contributed by atoms with Crippen LogP contribution < -0.4 is 5.73 Å². The van der Waals surface area contributed by atoms with E-state index in [1.807, 2.05) is 0 Å². The van der Waals surface area contributed by atoms with Crippen LogP contribution in [-0.2, 0) is 4.79 Å². The van der Waals surface area contributed by atoms with Gasteiger partial charge in [0.25, 0.3) is 0 Å². The van der Waals surface area contributed by atoms with E-state index in [1.165, 1.54) is 51.6 Å². The predicted molar refractivity (Wildman–Crippen MR) is 102 cm³/mol. The monoisotopic (exact) mass is 367 g/mol. The van der Waals surface area contributed by atoms with Crippen molar-refractivity contribution in [1.29, 1.82) is 0 Å². The molecule has 2 saturated heterocycles. The Morgan fingerprint density at radius 2 is 1.61 bits per heavy atom. The van der Waals surface area contributed by atoms with Crippen LogP contribution in [0.15, 0.2) is 0 Å². The van der Waals surface area contributed by atoms with Crippen molar-refractivity contribution in [1.82, 2.24) is 9.80 Å². The van der Waals surface area contributed by atoms with Crippen molar-refractivity contribution in [3.05, 3.63) is 0 Å². The minimum absolute atomic E-state index is 0. The number of carbonyl (C=O) groups is 1. The van der Waals surface area contributed by atoms with Crippen molar-refractivity contribution < 1.29 is 4.79 Å². The molecule has 0 bridgehead atoms. The van der Waals surface area contributed by atoms with Gasteiger partial charge in [-0.25, -0.2) is 0 Å². The van der Waals surface area contributed by atoms with E-state index in [9.17, 15) is 4.79 Å². The van der Waals surface area contributed by atoms with Gasteiger partial charge in [0.05, 0.1) is 0 Å². The maximum absolute atomic E-state index is 12.4.